The molecule has 1 aliphatic heterocycles. The van der Waals surface area contributed by atoms with Crippen LogP contribution in [-0.2, 0) is 19.5 Å². The number of rotatable bonds is 3. The number of hydrogen-bond donors (Lipinski definition) is 2. The van der Waals surface area contributed by atoms with Gasteiger partial charge in [-0.3, -0.25) is 9.78 Å². The number of carbonyl (C=O) groups excluding carboxylic acids is 1. The lowest BCUT2D eigenvalue weighted by atomic mass is 9.96. The van der Waals surface area contributed by atoms with E-state index in [1.807, 2.05) is 42.8 Å². The molecule has 2 N–H and O–H groups in total. The summed E-state index contributed by atoms with van der Waals surface area (Å²) < 4.78 is 1.87. The Morgan fingerprint density at radius 2 is 2.28 bits per heavy atom. The van der Waals surface area contributed by atoms with Gasteiger partial charge in [-0.2, -0.15) is 0 Å². The molecule has 25 heavy (non-hydrogen) atoms. The van der Waals surface area contributed by atoms with E-state index >= 15 is 0 Å². The van der Waals surface area contributed by atoms with Gasteiger partial charge in [0.1, 0.15) is 11.3 Å². The number of imidazole rings is 1. The van der Waals surface area contributed by atoms with Crippen molar-refractivity contribution in [1.82, 2.24) is 25.0 Å². The number of pyridine rings is 2. The van der Waals surface area contributed by atoms with E-state index in [0.29, 0.717) is 12.2 Å². The normalized spacial score (nSPS) is 13.7. The standard InChI is InChI=1S/C19H21N5O/c1-12-4-6-24-11-17(23-18(24)7-12)19(25)22-10-16-13(2)21-9-14-8-20-5-3-15(14)16/h4,6-7,9,11,20H,3,5,8,10H2,1-2H3,(H,22,25). The minimum absolute atomic E-state index is 0.160. The van der Waals surface area contributed by atoms with E-state index in [0.717, 1.165) is 42.0 Å². The zero-order valence-corrected chi connectivity index (χ0v) is 14.5. The molecule has 0 aliphatic carbocycles. The summed E-state index contributed by atoms with van der Waals surface area (Å²) in [4.78, 5) is 21.4. The topological polar surface area (TPSA) is 71.3 Å². The molecule has 4 rings (SSSR count). The van der Waals surface area contributed by atoms with Crippen molar-refractivity contribution in [2.75, 3.05) is 6.54 Å². The SMILES string of the molecule is Cc1ccn2cc(C(=O)NCc3c(C)ncc4c3CCNC4)nc2c1. The maximum absolute atomic E-state index is 12.5. The number of aromatic nitrogens is 3. The molecular weight excluding hydrogens is 314 g/mol. The molecule has 3 aromatic heterocycles. The fraction of sp³-hybridized carbons (Fsp3) is 0.316. The molecule has 4 heterocycles. The highest BCUT2D eigenvalue weighted by Gasteiger charge is 2.17. The summed E-state index contributed by atoms with van der Waals surface area (Å²) in [5.41, 5.74) is 6.99. The zero-order valence-electron chi connectivity index (χ0n) is 14.5. The van der Waals surface area contributed by atoms with Crippen LogP contribution in [0.25, 0.3) is 5.65 Å². The van der Waals surface area contributed by atoms with E-state index in [-0.39, 0.29) is 5.91 Å². The zero-order chi connectivity index (χ0) is 17.4. The van der Waals surface area contributed by atoms with Gasteiger partial charge in [-0.15, -0.1) is 0 Å². The molecule has 0 aromatic carbocycles. The predicted molar refractivity (Wildman–Crippen MR) is 95.5 cm³/mol. The number of nitrogens with one attached hydrogen (secondary N) is 2. The Kier molecular flexibility index (Phi) is 3.97. The van der Waals surface area contributed by atoms with Gasteiger partial charge >= 0.3 is 0 Å². The van der Waals surface area contributed by atoms with Crippen LogP contribution in [0.4, 0.5) is 0 Å². The van der Waals surface area contributed by atoms with Crippen LogP contribution >= 0.6 is 0 Å². The van der Waals surface area contributed by atoms with Crippen molar-refractivity contribution in [3.8, 4) is 0 Å². The lowest BCUT2D eigenvalue weighted by molar-refractivity contribution is 0.0946. The molecular formula is C19H21N5O. The molecule has 0 bridgehead atoms. The Morgan fingerprint density at radius 3 is 3.16 bits per heavy atom. The average Bonchev–Trinajstić information content (AvgIpc) is 3.04. The van der Waals surface area contributed by atoms with Crippen LogP contribution in [-0.4, -0.2) is 26.8 Å². The molecule has 0 saturated carbocycles. The lowest BCUT2D eigenvalue weighted by Gasteiger charge is -2.21. The molecule has 0 saturated heterocycles. The number of nitrogens with zero attached hydrogens (tertiary/aromatic N) is 3. The monoisotopic (exact) mass is 335 g/mol. The van der Waals surface area contributed by atoms with Crippen molar-refractivity contribution in [2.24, 2.45) is 0 Å². The molecule has 1 aliphatic rings. The van der Waals surface area contributed by atoms with E-state index in [1.165, 1.54) is 11.1 Å². The first-order chi connectivity index (χ1) is 12.1. The van der Waals surface area contributed by atoms with Gasteiger partial charge in [0, 0.05) is 37.4 Å². The van der Waals surface area contributed by atoms with Gasteiger partial charge in [0.05, 0.1) is 0 Å². The maximum Gasteiger partial charge on any atom is 0.271 e. The molecule has 6 nitrogen and oxygen atoms in total. The van der Waals surface area contributed by atoms with E-state index in [4.69, 9.17) is 0 Å². The minimum Gasteiger partial charge on any atom is -0.346 e. The van der Waals surface area contributed by atoms with Crippen molar-refractivity contribution < 1.29 is 4.79 Å². The quantitative estimate of drug-likeness (QED) is 0.767. The summed E-state index contributed by atoms with van der Waals surface area (Å²) in [6.45, 7) is 6.29. The van der Waals surface area contributed by atoms with Gasteiger partial charge in [0.25, 0.3) is 5.91 Å². The predicted octanol–water partition coefficient (Wildman–Crippen LogP) is 1.92. The first-order valence-corrected chi connectivity index (χ1v) is 8.52. The number of aryl methyl sites for hydroxylation is 2. The van der Waals surface area contributed by atoms with Gasteiger partial charge in [-0.05, 0) is 61.2 Å². The molecule has 3 aromatic rings. The molecule has 128 valence electrons. The number of fused-ring (bicyclic) bond motifs is 2. The largest absolute Gasteiger partial charge is 0.346 e. The van der Waals surface area contributed by atoms with Gasteiger partial charge in [-0.25, -0.2) is 4.98 Å². The average molecular weight is 335 g/mol. The smallest absolute Gasteiger partial charge is 0.271 e. The lowest BCUT2D eigenvalue weighted by Crippen LogP contribution is -2.29. The summed E-state index contributed by atoms with van der Waals surface area (Å²) in [5.74, 6) is -0.160. The fourth-order valence-electron chi connectivity index (χ4n) is 3.33. The van der Waals surface area contributed by atoms with Gasteiger partial charge in [-0.1, -0.05) is 0 Å². The van der Waals surface area contributed by atoms with E-state index in [9.17, 15) is 4.79 Å². The van der Waals surface area contributed by atoms with Crippen LogP contribution < -0.4 is 10.6 Å². The third-order valence-electron chi connectivity index (χ3n) is 4.74. The summed E-state index contributed by atoms with van der Waals surface area (Å²) in [6.07, 6.45) is 6.59. The highest BCUT2D eigenvalue weighted by molar-refractivity contribution is 5.92. The summed E-state index contributed by atoms with van der Waals surface area (Å²) in [6, 6.07) is 3.96. The molecule has 1 amide bonds. The Balaban J connectivity index is 1.55. The van der Waals surface area contributed by atoms with Crippen LogP contribution in [0.3, 0.4) is 0 Å². The summed E-state index contributed by atoms with van der Waals surface area (Å²) in [7, 11) is 0. The Bertz CT molecular complexity index is 960. The third kappa shape index (κ3) is 3.00. The second-order valence-corrected chi connectivity index (χ2v) is 6.53. The second-order valence-electron chi connectivity index (χ2n) is 6.53. The van der Waals surface area contributed by atoms with E-state index in [1.54, 1.807) is 6.20 Å². The number of amides is 1. The van der Waals surface area contributed by atoms with Crippen LogP contribution in [0.2, 0.25) is 0 Å². The van der Waals surface area contributed by atoms with Gasteiger partial charge in [0.15, 0.2) is 0 Å². The summed E-state index contributed by atoms with van der Waals surface area (Å²) in [5, 5.41) is 6.36. The van der Waals surface area contributed by atoms with E-state index in [2.05, 4.69) is 20.6 Å². The molecule has 6 heteroatoms. The van der Waals surface area contributed by atoms with Gasteiger partial charge < -0.3 is 15.0 Å². The first kappa shape index (κ1) is 15.8. The fourth-order valence-corrected chi connectivity index (χ4v) is 3.33. The Morgan fingerprint density at radius 1 is 1.40 bits per heavy atom. The number of carbonyl (C=O) groups is 1. The highest BCUT2D eigenvalue weighted by Crippen LogP contribution is 2.20. The second kappa shape index (κ2) is 6.29. The van der Waals surface area contributed by atoms with Crippen LogP contribution in [0.5, 0.6) is 0 Å². The Hall–Kier alpha value is -2.73. The van der Waals surface area contributed by atoms with Crippen LogP contribution in [0.15, 0.2) is 30.7 Å². The van der Waals surface area contributed by atoms with Gasteiger partial charge in [0.2, 0.25) is 0 Å². The highest BCUT2D eigenvalue weighted by atomic mass is 16.1. The third-order valence-corrected chi connectivity index (χ3v) is 4.74. The van der Waals surface area contributed by atoms with Crippen LogP contribution in [0.1, 0.15) is 38.4 Å². The summed E-state index contributed by atoms with van der Waals surface area (Å²) >= 11 is 0. The molecule has 0 unspecified atom stereocenters. The first-order valence-electron chi connectivity index (χ1n) is 8.52. The van der Waals surface area contributed by atoms with E-state index < -0.39 is 0 Å². The van der Waals surface area contributed by atoms with Crippen molar-refractivity contribution in [1.29, 1.82) is 0 Å². The molecule has 0 radical (unpaired) electrons. The Labute approximate surface area is 146 Å². The van der Waals surface area contributed by atoms with Crippen molar-refractivity contribution in [3.63, 3.8) is 0 Å². The number of hydrogen-bond acceptors (Lipinski definition) is 4. The molecule has 0 atom stereocenters. The molecule has 0 fully saturated rings. The van der Waals surface area contributed by atoms with Crippen molar-refractivity contribution in [2.45, 2.75) is 33.4 Å². The van der Waals surface area contributed by atoms with Crippen molar-refractivity contribution >= 4 is 11.6 Å². The maximum atomic E-state index is 12.5. The minimum atomic E-state index is -0.160. The van der Waals surface area contributed by atoms with Crippen LogP contribution in [0, 0.1) is 13.8 Å². The molecule has 0 spiro atoms. The van der Waals surface area contributed by atoms with Crippen molar-refractivity contribution in [3.05, 3.63) is 64.4 Å².